The van der Waals surface area contributed by atoms with Crippen LogP contribution in [-0.4, -0.2) is 35.9 Å². The molecule has 0 radical (unpaired) electrons. The number of fused-ring (bicyclic) bond motifs is 4. The first-order valence-electron chi connectivity index (χ1n) is 20.7. The lowest BCUT2D eigenvalue weighted by Gasteiger charge is -2.41. The van der Waals surface area contributed by atoms with E-state index < -0.39 is 29.7 Å². The van der Waals surface area contributed by atoms with E-state index in [0.29, 0.717) is 35.7 Å². The molecular formula is C45H64O7. The zero-order chi connectivity index (χ0) is 36.6. The van der Waals surface area contributed by atoms with Crippen molar-refractivity contribution in [2.45, 2.75) is 172 Å². The van der Waals surface area contributed by atoms with Crippen LogP contribution in [0.2, 0.25) is 0 Å². The van der Waals surface area contributed by atoms with Gasteiger partial charge in [0.2, 0.25) is 6.10 Å². The molecule has 2 aromatic rings. The maximum absolute atomic E-state index is 13.9. The summed E-state index contributed by atoms with van der Waals surface area (Å²) in [6.07, 6.45) is 24.2. The van der Waals surface area contributed by atoms with Crippen LogP contribution in [0.15, 0.2) is 54.3 Å². The number of ether oxygens (including phenoxy) is 4. The summed E-state index contributed by atoms with van der Waals surface area (Å²) in [5, 5.41) is 12.0. The molecule has 7 heteroatoms. The molecule has 0 fully saturated rings. The van der Waals surface area contributed by atoms with E-state index in [1.54, 1.807) is 25.3 Å². The van der Waals surface area contributed by atoms with Crippen LogP contribution in [-0.2, 0) is 31.9 Å². The molecule has 1 N–H and O–H groups in total. The van der Waals surface area contributed by atoms with Crippen molar-refractivity contribution in [1.29, 1.82) is 0 Å². The first-order valence-corrected chi connectivity index (χ1v) is 20.7. The highest BCUT2D eigenvalue weighted by Crippen LogP contribution is 2.47. The van der Waals surface area contributed by atoms with Crippen molar-refractivity contribution < 1.29 is 33.6 Å². The number of hydrogen-bond donors (Lipinski definition) is 1. The molecule has 52 heavy (non-hydrogen) atoms. The highest BCUT2D eigenvalue weighted by atomic mass is 16.6. The third kappa shape index (κ3) is 11.3. The van der Waals surface area contributed by atoms with Crippen molar-refractivity contribution in [1.82, 2.24) is 0 Å². The van der Waals surface area contributed by atoms with Gasteiger partial charge >= 0.3 is 11.9 Å². The van der Waals surface area contributed by atoms with Gasteiger partial charge in [0.25, 0.3) is 0 Å². The third-order valence-electron chi connectivity index (χ3n) is 11.5. The molecule has 6 bridgehead atoms. The molecule has 0 saturated heterocycles. The van der Waals surface area contributed by atoms with E-state index in [4.69, 9.17) is 18.9 Å². The van der Waals surface area contributed by atoms with E-state index >= 15 is 0 Å². The van der Waals surface area contributed by atoms with Gasteiger partial charge in [-0.15, -0.1) is 0 Å². The lowest BCUT2D eigenvalue weighted by atomic mass is 9.71. The number of rotatable bonds is 21. The Balaban J connectivity index is 1.13. The lowest BCUT2D eigenvalue weighted by Crippen LogP contribution is -2.46. The topological polar surface area (TPSA) is 91.3 Å². The van der Waals surface area contributed by atoms with E-state index in [1.165, 1.54) is 82.6 Å². The van der Waals surface area contributed by atoms with Crippen molar-refractivity contribution in [2.24, 2.45) is 5.92 Å². The van der Waals surface area contributed by atoms with Gasteiger partial charge in [0, 0.05) is 24.0 Å². The number of carbonyl (C=O) groups is 2. The van der Waals surface area contributed by atoms with Crippen LogP contribution in [0.4, 0.5) is 0 Å². The van der Waals surface area contributed by atoms with Gasteiger partial charge in [-0.05, 0) is 62.1 Å². The Bertz CT molecular complexity index is 1430. The number of esters is 2. The lowest BCUT2D eigenvalue weighted by molar-refractivity contribution is -0.167. The second kappa shape index (κ2) is 20.8. The van der Waals surface area contributed by atoms with Crippen LogP contribution in [0.5, 0.6) is 11.5 Å². The highest BCUT2D eigenvalue weighted by molar-refractivity contribution is 5.81. The van der Waals surface area contributed by atoms with Crippen LogP contribution in [0.25, 0.3) is 0 Å². The minimum Gasteiger partial charge on any atom is -0.493 e. The Morgan fingerprint density at radius 2 is 1.52 bits per heavy atom. The highest BCUT2D eigenvalue weighted by Gasteiger charge is 2.46. The largest absolute Gasteiger partial charge is 0.493 e. The van der Waals surface area contributed by atoms with E-state index in [-0.39, 0.29) is 12.3 Å². The Morgan fingerprint density at radius 1 is 0.865 bits per heavy atom. The van der Waals surface area contributed by atoms with Crippen molar-refractivity contribution >= 4 is 11.9 Å². The van der Waals surface area contributed by atoms with Crippen LogP contribution in [0.1, 0.15) is 165 Å². The second-order valence-electron chi connectivity index (χ2n) is 15.5. The molecule has 0 saturated carbocycles. The minimum atomic E-state index is -1.20. The molecule has 1 aliphatic heterocycles. The van der Waals surface area contributed by atoms with Gasteiger partial charge in [-0.1, -0.05) is 140 Å². The Morgan fingerprint density at radius 3 is 2.17 bits per heavy atom. The van der Waals surface area contributed by atoms with Crippen LogP contribution in [0.3, 0.4) is 0 Å². The fraction of sp³-hybridized carbons (Fsp3) is 0.644. The van der Waals surface area contributed by atoms with Crippen LogP contribution in [0, 0.1) is 5.92 Å². The normalized spacial score (nSPS) is 21.3. The molecule has 3 aliphatic rings. The molecule has 0 spiro atoms. The molecule has 1 heterocycles. The molecule has 4 atom stereocenters. The van der Waals surface area contributed by atoms with Gasteiger partial charge in [0.15, 0.2) is 17.6 Å². The molecule has 2 aliphatic carbocycles. The summed E-state index contributed by atoms with van der Waals surface area (Å²) in [5.74, 6) is 0.618. The number of carbonyl (C=O) groups excluding carboxylic acids is 2. The second-order valence-corrected chi connectivity index (χ2v) is 15.5. The van der Waals surface area contributed by atoms with Gasteiger partial charge in [-0.2, -0.15) is 0 Å². The fourth-order valence-corrected chi connectivity index (χ4v) is 8.40. The summed E-state index contributed by atoms with van der Waals surface area (Å²) in [4.78, 5) is 27.0. The SMILES string of the molecule is CCCCCCCCCCCCCCCCCC(=O)O[C@H](C(=O)OC1=CC[C@]2(O)C[C@H]1Oc1c(OC)ccc3c1CCCC[C@@H]2C3)c1ccccc1. The molecule has 5 rings (SSSR count). The zero-order valence-electron chi connectivity index (χ0n) is 32.0. The number of aliphatic hydroxyl groups is 1. The zero-order valence-corrected chi connectivity index (χ0v) is 32.0. The van der Waals surface area contributed by atoms with Gasteiger partial charge in [-0.3, -0.25) is 4.79 Å². The Kier molecular flexibility index (Phi) is 15.9. The number of methoxy groups -OCH3 is 1. The summed E-state index contributed by atoms with van der Waals surface area (Å²) in [7, 11) is 1.63. The average Bonchev–Trinajstić information content (AvgIpc) is 3.14. The summed E-state index contributed by atoms with van der Waals surface area (Å²) < 4.78 is 24.3. The quantitative estimate of drug-likeness (QED) is 0.102. The molecule has 286 valence electrons. The predicted octanol–water partition coefficient (Wildman–Crippen LogP) is 10.8. The third-order valence-corrected chi connectivity index (χ3v) is 11.5. The molecular weight excluding hydrogens is 652 g/mol. The van der Waals surface area contributed by atoms with Crippen LogP contribution < -0.4 is 9.47 Å². The van der Waals surface area contributed by atoms with Crippen LogP contribution >= 0.6 is 0 Å². The van der Waals surface area contributed by atoms with Gasteiger partial charge in [-0.25, -0.2) is 4.79 Å². The number of unbranched alkanes of at least 4 members (excludes halogenated alkanes) is 14. The molecule has 0 amide bonds. The summed E-state index contributed by atoms with van der Waals surface area (Å²) >= 11 is 0. The van der Waals surface area contributed by atoms with Gasteiger partial charge < -0.3 is 24.1 Å². The summed E-state index contributed by atoms with van der Waals surface area (Å²) in [6.45, 7) is 2.27. The first kappa shape index (κ1) is 39.9. The number of benzene rings is 2. The van der Waals surface area contributed by atoms with Gasteiger partial charge in [0.05, 0.1) is 12.7 Å². The molecule has 0 aromatic heterocycles. The molecule has 0 unspecified atom stereocenters. The Labute approximate surface area is 312 Å². The van der Waals surface area contributed by atoms with Gasteiger partial charge in [0.1, 0.15) is 5.76 Å². The predicted molar refractivity (Wildman–Crippen MR) is 205 cm³/mol. The minimum absolute atomic E-state index is 0.0586. The summed E-state index contributed by atoms with van der Waals surface area (Å²) in [6, 6.07) is 13.1. The molecule has 7 nitrogen and oxygen atoms in total. The number of hydrogen-bond acceptors (Lipinski definition) is 7. The Hall–Kier alpha value is -3.32. The van der Waals surface area contributed by atoms with E-state index in [9.17, 15) is 14.7 Å². The maximum Gasteiger partial charge on any atom is 0.357 e. The summed E-state index contributed by atoms with van der Waals surface area (Å²) in [5.41, 5.74) is 1.86. The monoisotopic (exact) mass is 716 g/mol. The van der Waals surface area contributed by atoms with E-state index in [2.05, 4.69) is 13.0 Å². The van der Waals surface area contributed by atoms with Crippen molar-refractivity contribution in [3.8, 4) is 11.5 Å². The van der Waals surface area contributed by atoms with E-state index in [1.807, 2.05) is 24.3 Å². The average molecular weight is 717 g/mol. The standard InChI is InChI=1S/C45H64O7/c1-3-4-5-6-7-8-9-10-11-12-13-14-15-16-20-27-41(46)52-42(34-23-18-17-19-24-34)44(47)51-38-30-31-45(48)33-40(38)50-43-37-26-22-21-25-36(45)32-35(37)28-29-39(43)49-2/h17-19,23-24,28-30,36,40,42,48H,3-16,20-22,25-27,31-33H2,1-2H3/t36-,40-,42+,45+/m1/s1. The maximum atomic E-state index is 13.9. The smallest absolute Gasteiger partial charge is 0.357 e. The molecule has 2 aromatic carbocycles. The fourth-order valence-electron chi connectivity index (χ4n) is 8.40. The van der Waals surface area contributed by atoms with Crippen molar-refractivity contribution in [2.75, 3.05) is 7.11 Å². The van der Waals surface area contributed by atoms with Crippen molar-refractivity contribution in [3.63, 3.8) is 0 Å². The van der Waals surface area contributed by atoms with Crippen molar-refractivity contribution in [3.05, 3.63) is 71.0 Å². The van der Waals surface area contributed by atoms with E-state index in [0.717, 1.165) is 56.9 Å². The first-order chi connectivity index (χ1) is 25.4.